The molecule has 0 saturated carbocycles. The zero-order valence-electron chi connectivity index (χ0n) is 8.45. The molecule has 0 unspecified atom stereocenters. The molecule has 0 spiro atoms. The number of primary sulfonamides is 1. The number of hydrogen-bond donors (Lipinski definition) is 1. The van der Waals surface area contributed by atoms with Crippen LogP contribution in [0.4, 0.5) is 0 Å². The Hall–Kier alpha value is -0.960. The van der Waals surface area contributed by atoms with Gasteiger partial charge in [0.15, 0.2) is 5.94 Å². The number of sulfone groups is 1. The molecular formula is C8H11NO5S2. The van der Waals surface area contributed by atoms with E-state index in [-0.39, 0.29) is 4.90 Å². The fourth-order valence-corrected chi connectivity index (χ4v) is 3.60. The third-order valence-electron chi connectivity index (χ3n) is 1.76. The maximum Gasteiger partial charge on any atom is 0.239 e. The van der Waals surface area contributed by atoms with Crippen LogP contribution in [0.5, 0.6) is 0 Å². The highest BCUT2D eigenvalue weighted by atomic mass is 32.2. The Labute approximate surface area is 94.0 Å². The molecule has 1 aromatic carbocycles. The van der Waals surface area contributed by atoms with Gasteiger partial charge in [0.1, 0.15) is 4.90 Å². The van der Waals surface area contributed by atoms with Crippen molar-refractivity contribution < 1.29 is 21.6 Å². The van der Waals surface area contributed by atoms with Gasteiger partial charge in [-0.05, 0) is 12.1 Å². The normalized spacial score (nSPS) is 12.6. The molecule has 16 heavy (non-hydrogen) atoms. The predicted octanol–water partition coefficient (Wildman–Crippen LogP) is -0.288. The number of methoxy groups -OCH3 is 1. The van der Waals surface area contributed by atoms with E-state index in [1.165, 1.54) is 25.3 Å². The van der Waals surface area contributed by atoms with Crippen LogP contribution in [-0.2, 0) is 24.6 Å². The molecule has 0 amide bonds. The summed E-state index contributed by atoms with van der Waals surface area (Å²) in [5.41, 5.74) is 0. The highest BCUT2D eigenvalue weighted by Crippen LogP contribution is 2.20. The van der Waals surface area contributed by atoms with E-state index in [1.54, 1.807) is 0 Å². The van der Waals surface area contributed by atoms with Crippen molar-refractivity contribution in [1.82, 2.24) is 0 Å². The lowest BCUT2D eigenvalue weighted by molar-refractivity contribution is 0.249. The number of benzene rings is 1. The molecule has 0 heterocycles. The molecule has 0 aliphatic carbocycles. The van der Waals surface area contributed by atoms with Gasteiger partial charge in [-0.25, -0.2) is 22.0 Å². The van der Waals surface area contributed by atoms with Crippen molar-refractivity contribution in [2.24, 2.45) is 5.14 Å². The van der Waals surface area contributed by atoms with Crippen molar-refractivity contribution in [3.63, 3.8) is 0 Å². The van der Waals surface area contributed by atoms with Crippen LogP contribution in [-0.4, -0.2) is 29.9 Å². The molecule has 8 heteroatoms. The Morgan fingerprint density at radius 3 is 2.06 bits per heavy atom. The minimum absolute atomic E-state index is 0.348. The summed E-state index contributed by atoms with van der Waals surface area (Å²) in [4.78, 5) is -0.772. The van der Waals surface area contributed by atoms with Gasteiger partial charge in [0.2, 0.25) is 19.9 Å². The summed E-state index contributed by atoms with van der Waals surface area (Å²) < 4.78 is 50.2. The second-order valence-electron chi connectivity index (χ2n) is 3.01. The van der Waals surface area contributed by atoms with Gasteiger partial charge in [0, 0.05) is 7.11 Å². The van der Waals surface area contributed by atoms with E-state index in [0.29, 0.717) is 0 Å². The smallest absolute Gasteiger partial charge is 0.239 e. The van der Waals surface area contributed by atoms with Gasteiger partial charge >= 0.3 is 0 Å². The molecule has 0 saturated heterocycles. The van der Waals surface area contributed by atoms with Crippen LogP contribution in [0.25, 0.3) is 0 Å². The molecule has 0 aromatic heterocycles. The van der Waals surface area contributed by atoms with E-state index < -0.39 is 30.7 Å². The maximum absolute atomic E-state index is 11.7. The molecule has 1 rings (SSSR count). The summed E-state index contributed by atoms with van der Waals surface area (Å²) in [7, 11) is -6.67. The van der Waals surface area contributed by atoms with E-state index in [0.717, 1.165) is 6.07 Å². The van der Waals surface area contributed by atoms with E-state index in [9.17, 15) is 16.8 Å². The lowest BCUT2D eigenvalue weighted by Gasteiger charge is -2.07. The van der Waals surface area contributed by atoms with Gasteiger partial charge in [-0.2, -0.15) is 0 Å². The number of ether oxygens (including phenoxy) is 1. The summed E-state index contributed by atoms with van der Waals surface area (Å²) in [5.74, 6) is -0.598. The zero-order valence-corrected chi connectivity index (χ0v) is 10.1. The average Bonchev–Trinajstić information content (AvgIpc) is 2.16. The van der Waals surface area contributed by atoms with Crippen molar-refractivity contribution in [1.29, 1.82) is 0 Å². The SMILES string of the molecule is COCS(=O)(=O)c1ccccc1S(N)(=O)=O. The van der Waals surface area contributed by atoms with Crippen LogP contribution in [0.2, 0.25) is 0 Å². The van der Waals surface area contributed by atoms with Crippen LogP contribution in [0.1, 0.15) is 0 Å². The number of rotatable bonds is 4. The van der Waals surface area contributed by atoms with Crippen molar-refractivity contribution in [3.8, 4) is 0 Å². The molecule has 0 radical (unpaired) electrons. The highest BCUT2D eigenvalue weighted by Gasteiger charge is 2.23. The lowest BCUT2D eigenvalue weighted by atomic mass is 10.4. The van der Waals surface area contributed by atoms with Gasteiger partial charge < -0.3 is 4.74 Å². The predicted molar refractivity (Wildman–Crippen MR) is 56.9 cm³/mol. The van der Waals surface area contributed by atoms with Crippen LogP contribution >= 0.6 is 0 Å². The summed E-state index contributed by atoms with van der Waals surface area (Å²) in [5, 5.41) is 4.92. The monoisotopic (exact) mass is 265 g/mol. The molecule has 6 nitrogen and oxygen atoms in total. The second kappa shape index (κ2) is 4.50. The molecule has 0 aliphatic heterocycles. The zero-order chi connectivity index (χ0) is 12.4. The molecule has 0 bridgehead atoms. The summed E-state index contributed by atoms with van der Waals surface area (Å²) >= 11 is 0. The molecule has 0 fully saturated rings. The maximum atomic E-state index is 11.7. The largest absolute Gasteiger partial charge is 0.368 e. The lowest BCUT2D eigenvalue weighted by Crippen LogP contribution is -2.18. The first-order chi connectivity index (χ1) is 7.29. The molecule has 0 atom stereocenters. The molecule has 0 aliphatic rings. The number of hydrogen-bond acceptors (Lipinski definition) is 5. The van der Waals surface area contributed by atoms with Gasteiger partial charge in [-0.3, -0.25) is 0 Å². The standard InChI is InChI=1S/C8H11NO5S2/c1-14-6-15(10,11)7-4-2-3-5-8(7)16(9,12)13/h2-5H,6H2,1H3,(H2,9,12,13). The van der Waals surface area contributed by atoms with Gasteiger partial charge in [-0.1, -0.05) is 12.1 Å². The van der Waals surface area contributed by atoms with Crippen molar-refractivity contribution >= 4 is 19.9 Å². The van der Waals surface area contributed by atoms with Crippen LogP contribution in [0.15, 0.2) is 34.1 Å². The summed E-state index contributed by atoms with van der Waals surface area (Å²) in [6, 6.07) is 5.12. The Bertz CT molecular complexity index is 576. The third kappa shape index (κ3) is 2.79. The fraction of sp³-hybridized carbons (Fsp3) is 0.250. The Morgan fingerprint density at radius 1 is 1.12 bits per heavy atom. The Morgan fingerprint density at radius 2 is 1.62 bits per heavy atom. The van der Waals surface area contributed by atoms with Crippen LogP contribution < -0.4 is 5.14 Å². The fourth-order valence-electron chi connectivity index (χ4n) is 1.16. The minimum Gasteiger partial charge on any atom is -0.368 e. The van der Waals surface area contributed by atoms with Crippen LogP contribution in [0.3, 0.4) is 0 Å². The van der Waals surface area contributed by atoms with Gasteiger partial charge in [0.05, 0.1) is 4.90 Å². The topological polar surface area (TPSA) is 104 Å². The average molecular weight is 265 g/mol. The van der Waals surface area contributed by atoms with E-state index in [2.05, 4.69) is 4.74 Å². The third-order valence-corrected chi connectivity index (χ3v) is 4.43. The Kier molecular flexibility index (Phi) is 3.68. The first kappa shape index (κ1) is 13.1. The van der Waals surface area contributed by atoms with Crippen molar-refractivity contribution in [2.45, 2.75) is 9.79 Å². The van der Waals surface area contributed by atoms with E-state index >= 15 is 0 Å². The van der Waals surface area contributed by atoms with Crippen LogP contribution in [0, 0.1) is 0 Å². The van der Waals surface area contributed by atoms with E-state index in [1.807, 2.05) is 0 Å². The first-order valence-corrected chi connectivity index (χ1v) is 7.32. The number of nitrogens with two attached hydrogens (primary N) is 1. The van der Waals surface area contributed by atoms with Crippen molar-refractivity contribution in [3.05, 3.63) is 24.3 Å². The molecular weight excluding hydrogens is 254 g/mol. The van der Waals surface area contributed by atoms with Gasteiger partial charge in [0.25, 0.3) is 0 Å². The molecule has 2 N–H and O–H groups in total. The quantitative estimate of drug-likeness (QED) is 0.805. The first-order valence-electron chi connectivity index (χ1n) is 4.12. The second-order valence-corrected chi connectivity index (χ2v) is 6.45. The molecule has 90 valence electrons. The van der Waals surface area contributed by atoms with E-state index in [4.69, 9.17) is 5.14 Å². The van der Waals surface area contributed by atoms with Crippen molar-refractivity contribution in [2.75, 3.05) is 13.0 Å². The van der Waals surface area contributed by atoms with Gasteiger partial charge in [-0.15, -0.1) is 0 Å². The highest BCUT2D eigenvalue weighted by molar-refractivity contribution is 7.93. The summed E-state index contributed by atoms with van der Waals surface area (Å²) in [6.45, 7) is 0. The minimum atomic E-state index is -4.07. The Balaban J connectivity index is 3.48. The summed E-state index contributed by atoms with van der Waals surface area (Å²) in [6.07, 6.45) is 0. The number of sulfonamides is 1. The molecule has 1 aromatic rings.